The molecule has 0 aromatic rings. The van der Waals surface area contributed by atoms with Crippen LogP contribution in [0.3, 0.4) is 0 Å². The summed E-state index contributed by atoms with van der Waals surface area (Å²) in [6, 6.07) is -0.633. The van der Waals surface area contributed by atoms with Gasteiger partial charge in [0.1, 0.15) is 0 Å². The third kappa shape index (κ3) is 1.53. The van der Waals surface area contributed by atoms with E-state index in [1.165, 1.54) is 0 Å². The second-order valence-electron chi connectivity index (χ2n) is 2.35. The number of nitrogens with one attached hydrogen (secondary N) is 1. The molecule has 4 nitrogen and oxygen atoms in total. The molecule has 0 spiro atoms. The molecule has 0 bridgehead atoms. The summed E-state index contributed by atoms with van der Waals surface area (Å²) in [7, 11) is 0. The first kappa shape index (κ1) is 8.53. The predicted octanol–water partition coefficient (Wildman–Crippen LogP) is -0.490. The maximum atomic E-state index is 12.6. The van der Waals surface area contributed by atoms with Gasteiger partial charge in [0.2, 0.25) is 0 Å². The molecule has 1 saturated heterocycles. The summed E-state index contributed by atoms with van der Waals surface area (Å²) in [4.78, 5) is 22.5. The molecule has 1 N–H and O–H groups in total. The molecule has 0 aliphatic carbocycles. The Labute approximate surface area is 68.7 Å². The minimum absolute atomic E-state index is 0.0134. The van der Waals surface area contributed by atoms with Crippen molar-refractivity contribution in [2.75, 3.05) is 13.1 Å². The Morgan fingerprint density at radius 2 is 2.42 bits per heavy atom. The van der Waals surface area contributed by atoms with Crippen molar-refractivity contribution in [3.05, 3.63) is 0 Å². The highest BCUT2D eigenvalue weighted by atomic mass is 19.1. The normalized spacial score (nSPS) is 23.3. The molecule has 64 valence electrons. The Morgan fingerprint density at radius 3 is 3.00 bits per heavy atom. The van der Waals surface area contributed by atoms with E-state index in [4.69, 9.17) is 6.42 Å². The van der Waals surface area contributed by atoms with E-state index in [2.05, 4.69) is 5.92 Å². The molecule has 1 unspecified atom stereocenters. The maximum absolute atomic E-state index is 12.6. The van der Waals surface area contributed by atoms with Crippen molar-refractivity contribution in [3.8, 4) is 12.3 Å². The van der Waals surface area contributed by atoms with Crippen LogP contribution < -0.4 is 5.32 Å². The maximum Gasteiger partial charge on any atom is 0.325 e. The van der Waals surface area contributed by atoms with Crippen molar-refractivity contribution in [3.63, 3.8) is 0 Å². The van der Waals surface area contributed by atoms with Crippen molar-refractivity contribution >= 4 is 11.9 Å². The molecule has 1 fully saturated rings. The monoisotopic (exact) mass is 170 g/mol. The van der Waals surface area contributed by atoms with Gasteiger partial charge >= 0.3 is 6.03 Å². The van der Waals surface area contributed by atoms with Gasteiger partial charge in [-0.1, -0.05) is 5.92 Å². The van der Waals surface area contributed by atoms with Gasteiger partial charge in [0.05, 0.1) is 13.1 Å². The smallest absolute Gasteiger partial charge is 0.310 e. The Bertz CT molecular complexity index is 259. The van der Waals surface area contributed by atoms with E-state index < -0.39 is 18.1 Å². The van der Waals surface area contributed by atoms with E-state index in [0.29, 0.717) is 0 Å². The number of terminal acetylenes is 1. The lowest BCUT2D eigenvalue weighted by Gasteiger charge is -2.26. The molecule has 0 aromatic carbocycles. The van der Waals surface area contributed by atoms with Gasteiger partial charge in [-0.3, -0.25) is 10.1 Å². The van der Waals surface area contributed by atoms with Crippen molar-refractivity contribution in [2.45, 2.75) is 6.17 Å². The number of rotatable bonds is 1. The Kier molecular flexibility index (Phi) is 2.29. The number of imide groups is 1. The fourth-order valence-electron chi connectivity index (χ4n) is 0.869. The first-order valence-corrected chi connectivity index (χ1v) is 3.32. The van der Waals surface area contributed by atoms with E-state index in [1.807, 2.05) is 5.32 Å². The second-order valence-corrected chi connectivity index (χ2v) is 2.35. The molecule has 1 heterocycles. The largest absolute Gasteiger partial charge is 0.325 e. The van der Waals surface area contributed by atoms with Gasteiger partial charge in [0.25, 0.3) is 5.91 Å². The molecule has 0 radical (unpaired) electrons. The van der Waals surface area contributed by atoms with Crippen LogP contribution in [0.5, 0.6) is 0 Å². The number of carbonyl (C=O) groups excluding carboxylic acids is 2. The average Bonchev–Trinajstić information content (AvgIpc) is 2.01. The first-order valence-electron chi connectivity index (χ1n) is 3.32. The molecule has 0 aromatic heterocycles. The highest BCUT2D eigenvalue weighted by Crippen LogP contribution is 2.03. The number of alkyl halides is 1. The number of urea groups is 1. The van der Waals surface area contributed by atoms with Crippen LogP contribution in [0.1, 0.15) is 0 Å². The minimum Gasteiger partial charge on any atom is -0.310 e. The number of hydrogen-bond donors (Lipinski definition) is 1. The summed E-state index contributed by atoms with van der Waals surface area (Å²) in [5.74, 6) is 1.30. The second kappa shape index (κ2) is 3.22. The summed E-state index contributed by atoms with van der Waals surface area (Å²) in [5.41, 5.74) is 0. The topological polar surface area (TPSA) is 49.4 Å². The van der Waals surface area contributed by atoms with Crippen LogP contribution in [0, 0.1) is 12.3 Å². The van der Waals surface area contributed by atoms with Gasteiger partial charge in [-0.05, 0) is 0 Å². The zero-order valence-electron chi connectivity index (χ0n) is 6.21. The van der Waals surface area contributed by atoms with Crippen molar-refractivity contribution in [1.82, 2.24) is 10.2 Å². The first-order chi connectivity index (χ1) is 5.65. The van der Waals surface area contributed by atoms with Crippen molar-refractivity contribution < 1.29 is 14.0 Å². The number of halogens is 1. The zero-order chi connectivity index (χ0) is 9.14. The fourth-order valence-corrected chi connectivity index (χ4v) is 0.869. The predicted molar refractivity (Wildman–Crippen MR) is 38.8 cm³/mol. The van der Waals surface area contributed by atoms with Crippen LogP contribution in [0.15, 0.2) is 0 Å². The lowest BCUT2D eigenvalue weighted by molar-refractivity contribution is -0.126. The van der Waals surface area contributed by atoms with E-state index in [-0.39, 0.29) is 13.1 Å². The number of hydrogen-bond acceptors (Lipinski definition) is 2. The van der Waals surface area contributed by atoms with Crippen LogP contribution in [0.4, 0.5) is 9.18 Å². The van der Waals surface area contributed by atoms with Crippen LogP contribution in [0.2, 0.25) is 0 Å². The van der Waals surface area contributed by atoms with Crippen LogP contribution >= 0.6 is 0 Å². The number of amides is 3. The van der Waals surface area contributed by atoms with Gasteiger partial charge in [0, 0.05) is 0 Å². The van der Waals surface area contributed by atoms with E-state index in [0.717, 1.165) is 4.90 Å². The molecule has 5 heteroatoms. The molecule has 12 heavy (non-hydrogen) atoms. The molecule has 1 rings (SSSR count). The van der Waals surface area contributed by atoms with Gasteiger partial charge < -0.3 is 4.90 Å². The van der Waals surface area contributed by atoms with E-state index in [1.54, 1.807) is 0 Å². The SMILES string of the molecule is C#CCN1CC(F)C(=O)NC1=O. The lowest BCUT2D eigenvalue weighted by atomic mass is 10.3. The molecule has 1 aliphatic rings. The molecule has 3 amide bonds. The average molecular weight is 170 g/mol. The highest BCUT2D eigenvalue weighted by molar-refractivity contribution is 5.99. The quantitative estimate of drug-likeness (QED) is 0.540. The Morgan fingerprint density at radius 1 is 1.75 bits per heavy atom. The van der Waals surface area contributed by atoms with Crippen LogP contribution in [-0.2, 0) is 4.79 Å². The Balaban J connectivity index is 2.63. The molecule has 0 saturated carbocycles. The zero-order valence-corrected chi connectivity index (χ0v) is 6.21. The third-order valence-electron chi connectivity index (χ3n) is 1.46. The van der Waals surface area contributed by atoms with Crippen LogP contribution in [0.25, 0.3) is 0 Å². The summed E-state index contributed by atoms with van der Waals surface area (Å²) >= 11 is 0. The molecular formula is C7H7FN2O2. The minimum atomic E-state index is -1.67. The summed E-state index contributed by atoms with van der Waals surface area (Å²) in [6.45, 7) is -0.242. The van der Waals surface area contributed by atoms with E-state index in [9.17, 15) is 14.0 Å². The number of nitrogens with zero attached hydrogens (tertiary/aromatic N) is 1. The third-order valence-corrected chi connectivity index (χ3v) is 1.46. The van der Waals surface area contributed by atoms with Crippen LogP contribution in [-0.4, -0.2) is 36.1 Å². The van der Waals surface area contributed by atoms with Crippen molar-refractivity contribution in [1.29, 1.82) is 0 Å². The molecule has 1 atom stereocenters. The standard InChI is InChI=1S/C7H7FN2O2/c1-2-3-10-4-5(8)6(11)9-7(10)12/h1,5H,3-4H2,(H,9,11,12). The van der Waals surface area contributed by atoms with Crippen molar-refractivity contribution in [2.24, 2.45) is 0 Å². The van der Waals surface area contributed by atoms with Gasteiger partial charge in [-0.2, -0.15) is 0 Å². The number of carbonyl (C=O) groups is 2. The molecular weight excluding hydrogens is 163 g/mol. The summed E-state index contributed by atoms with van der Waals surface area (Å²) in [5, 5.41) is 1.84. The van der Waals surface area contributed by atoms with Gasteiger partial charge in [-0.25, -0.2) is 9.18 Å². The Hall–Kier alpha value is -1.57. The van der Waals surface area contributed by atoms with E-state index >= 15 is 0 Å². The van der Waals surface area contributed by atoms with Gasteiger partial charge in [-0.15, -0.1) is 6.42 Å². The molecule has 1 aliphatic heterocycles. The van der Waals surface area contributed by atoms with Gasteiger partial charge in [0.15, 0.2) is 6.17 Å². The highest BCUT2D eigenvalue weighted by Gasteiger charge is 2.31. The summed E-state index contributed by atoms with van der Waals surface area (Å²) in [6.07, 6.45) is 3.25. The summed E-state index contributed by atoms with van der Waals surface area (Å²) < 4.78 is 12.6. The fraction of sp³-hybridized carbons (Fsp3) is 0.429. The lowest BCUT2D eigenvalue weighted by Crippen LogP contribution is -2.55.